The lowest BCUT2D eigenvalue weighted by Gasteiger charge is -2.15. The van der Waals surface area contributed by atoms with Gasteiger partial charge in [0.15, 0.2) is 0 Å². The molecular formula is C24H25F3N4O3. The summed E-state index contributed by atoms with van der Waals surface area (Å²) in [4.78, 5) is 24.6. The summed E-state index contributed by atoms with van der Waals surface area (Å²) in [7, 11) is 0. The smallest absolute Gasteiger partial charge is 0.416 e. The van der Waals surface area contributed by atoms with Gasteiger partial charge in [-0.1, -0.05) is 6.07 Å². The predicted molar refractivity (Wildman–Crippen MR) is 120 cm³/mol. The lowest BCUT2D eigenvalue weighted by Crippen LogP contribution is -2.38. The van der Waals surface area contributed by atoms with E-state index in [4.69, 9.17) is 4.74 Å². The maximum absolute atomic E-state index is 13.0. The molecule has 3 aromatic rings. The van der Waals surface area contributed by atoms with Crippen LogP contribution in [-0.4, -0.2) is 34.7 Å². The van der Waals surface area contributed by atoms with E-state index < -0.39 is 29.6 Å². The number of hydrogen-bond donors (Lipinski definition) is 2. The topological polar surface area (TPSA) is 85.2 Å². The highest BCUT2D eigenvalue weighted by Gasteiger charge is 2.30. The molecule has 3 rings (SSSR count). The number of hydrogen-bond acceptors (Lipinski definition) is 4. The van der Waals surface area contributed by atoms with Crippen molar-refractivity contribution in [2.45, 2.75) is 33.0 Å². The molecule has 0 saturated heterocycles. The van der Waals surface area contributed by atoms with E-state index in [1.54, 1.807) is 38.1 Å². The SMILES string of the molecule is CCOc1ccc(C(=O)NCC(=O)N[C@H](C)c2cnn(-c3cccc(C(F)(F)F)c3)c2C)cc1. The molecule has 1 aromatic heterocycles. The number of nitrogens with one attached hydrogen (secondary N) is 2. The van der Waals surface area contributed by atoms with Gasteiger partial charge in [-0.25, -0.2) is 4.68 Å². The highest BCUT2D eigenvalue weighted by Crippen LogP contribution is 2.31. The first-order chi connectivity index (χ1) is 16.1. The molecule has 0 aliphatic heterocycles. The quantitative estimate of drug-likeness (QED) is 0.512. The number of halogens is 3. The number of benzene rings is 2. The van der Waals surface area contributed by atoms with Crippen molar-refractivity contribution in [3.05, 3.63) is 77.1 Å². The number of nitrogens with zero attached hydrogens (tertiary/aromatic N) is 2. The zero-order valence-corrected chi connectivity index (χ0v) is 18.9. The van der Waals surface area contributed by atoms with Gasteiger partial charge in [0.2, 0.25) is 5.91 Å². The van der Waals surface area contributed by atoms with Crippen LogP contribution in [0.1, 0.15) is 47.1 Å². The second kappa shape index (κ2) is 10.4. The molecular weight excluding hydrogens is 449 g/mol. The number of carbonyl (C=O) groups excluding carboxylic acids is 2. The van der Waals surface area contributed by atoms with Gasteiger partial charge in [-0.2, -0.15) is 18.3 Å². The molecule has 0 radical (unpaired) electrons. The Bertz CT molecular complexity index is 1160. The molecule has 0 aliphatic rings. The van der Waals surface area contributed by atoms with Gasteiger partial charge in [-0.05, 0) is 63.2 Å². The van der Waals surface area contributed by atoms with Gasteiger partial charge >= 0.3 is 6.18 Å². The van der Waals surface area contributed by atoms with Crippen LogP contribution in [-0.2, 0) is 11.0 Å². The largest absolute Gasteiger partial charge is 0.494 e. The van der Waals surface area contributed by atoms with Crippen LogP contribution in [0.15, 0.2) is 54.7 Å². The Kier molecular flexibility index (Phi) is 7.60. The number of ether oxygens (including phenoxy) is 1. The third kappa shape index (κ3) is 5.94. The molecule has 2 N–H and O–H groups in total. The first kappa shape index (κ1) is 24.8. The molecule has 0 spiro atoms. The standard InChI is InChI=1S/C24H25F3N4O3/c1-4-34-20-10-8-17(9-11-20)23(33)28-14-22(32)30-15(2)21-13-29-31(16(21)3)19-7-5-6-18(12-19)24(25,26)27/h5-13,15H,4,14H2,1-3H3,(H,28,33)(H,30,32)/t15-/m1/s1. The molecule has 0 saturated carbocycles. The Morgan fingerprint density at radius 3 is 2.50 bits per heavy atom. The number of aromatic nitrogens is 2. The van der Waals surface area contributed by atoms with Crippen LogP contribution in [0.2, 0.25) is 0 Å². The van der Waals surface area contributed by atoms with E-state index in [0.717, 1.165) is 12.1 Å². The number of carbonyl (C=O) groups is 2. The molecule has 0 unspecified atom stereocenters. The zero-order valence-electron chi connectivity index (χ0n) is 18.9. The van der Waals surface area contributed by atoms with Gasteiger partial charge in [-0.3, -0.25) is 9.59 Å². The minimum Gasteiger partial charge on any atom is -0.494 e. The fourth-order valence-electron chi connectivity index (χ4n) is 3.42. The summed E-state index contributed by atoms with van der Waals surface area (Å²) < 4.78 is 45.8. The minimum atomic E-state index is -4.46. The summed E-state index contributed by atoms with van der Waals surface area (Å²) in [6.07, 6.45) is -2.96. The van der Waals surface area contributed by atoms with Gasteiger partial charge in [-0.15, -0.1) is 0 Å². The van der Waals surface area contributed by atoms with Gasteiger partial charge in [0.25, 0.3) is 5.91 Å². The van der Waals surface area contributed by atoms with Crippen LogP contribution < -0.4 is 15.4 Å². The van der Waals surface area contributed by atoms with E-state index >= 15 is 0 Å². The Morgan fingerprint density at radius 2 is 1.85 bits per heavy atom. The van der Waals surface area contributed by atoms with Crippen molar-refractivity contribution < 1.29 is 27.5 Å². The number of rotatable bonds is 8. The van der Waals surface area contributed by atoms with E-state index in [9.17, 15) is 22.8 Å². The summed E-state index contributed by atoms with van der Waals surface area (Å²) in [5.74, 6) is -0.177. The molecule has 2 amide bonds. The normalized spacial score (nSPS) is 12.2. The van der Waals surface area contributed by atoms with Gasteiger partial charge < -0.3 is 15.4 Å². The third-order valence-electron chi connectivity index (χ3n) is 5.15. The van der Waals surface area contributed by atoms with Gasteiger partial charge in [0.1, 0.15) is 5.75 Å². The second-order valence-electron chi connectivity index (χ2n) is 7.57. The fraction of sp³-hybridized carbons (Fsp3) is 0.292. The van der Waals surface area contributed by atoms with E-state index in [1.807, 2.05) is 6.92 Å². The molecule has 0 aliphatic carbocycles. The second-order valence-corrected chi connectivity index (χ2v) is 7.57. The van der Waals surface area contributed by atoms with E-state index in [2.05, 4.69) is 15.7 Å². The monoisotopic (exact) mass is 474 g/mol. The van der Waals surface area contributed by atoms with Gasteiger partial charge in [0.05, 0.1) is 36.6 Å². The van der Waals surface area contributed by atoms with Gasteiger partial charge in [0, 0.05) is 16.8 Å². The summed E-state index contributed by atoms with van der Waals surface area (Å²) in [5, 5.41) is 9.51. The van der Waals surface area contributed by atoms with Crippen LogP contribution >= 0.6 is 0 Å². The van der Waals surface area contributed by atoms with Crippen molar-refractivity contribution in [3.8, 4) is 11.4 Å². The summed E-state index contributed by atoms with van der Waals surface area (Å²) in [5.41, 5.74) is 1.11. The molecule has 180 valence electrons. The third-order valence-corrected chi connectivity index (χ3v) is 5.15. The average molecular weight is 474 g/mol. The van der Waals surface area contributed by atoms with Crippen molar-refractivity contribution >= 4 is 11.8 Å². The van der Waals surface area contributed by atoms with Crippen molar-refractivity contribution in [2.75, 3.05) is 13.2 Å². The maximum atomic E-state index is 13.0. The first-order valence-electron chi connectivity index (χ1n) is 10.6. The minimum absolute atomic E-state index is 0.239. The lowest BCUT2D eigenvalue weighted by molar-refractivity contribution is -0.137. The number of alkyl halides is 3. The van der Waals surface area contributed by atoms with E-state index in [-0.39, 0.29) is 12.2 Å². The van der Waals surface area contributed by atoms with E-state index in [0.29, 0.717) is 29.2 Å². The Labute approximate surface area is 194 Å². The van der Waals surface area contributed by atoms with Crippen molar-refractivity contribution in [3.63, 3.8) is 0 Å². The predicted octanol–water partition coefficient (Wildman–Crippen LogP) is 4.21. The van der Waals surface area contributed by atoms with Crippen molar-refractivity contribution in [1.29, 1.82) is 0 Å². The highest BCUT2D eigenvalue weighted by molar-refractivity contribution is 5.96. The lowest BCUT2D eigenvalue weighted by atomic mass is 10.1. The molecule has 1 heterocycles. The molecule has 10 heteroatoms. The maximum Gasteiger partial charge on any atom is 0.416 e. The Hall–Kier alpha value is -3.82. The summed E-state index contributed by atoms with van der Waals surface area (Å²) >= 11 is 0. The number of amides is 2. The van der Waals surface area contributed by atoms with Crippen LogP contribution in [0.3, 0.4) is 0 Å². The molecule has 2 aromatic carbocycles. The summed E-state index contributed by atoms with van der Waals surface area (Å²) in [6.45, 7) is 5.57. The van der Waals surface area contributed by atoms with Crippen LogP contribution in [0.5, 0.6) is 5.75 Å². The Morgan fingerprint density at radius 1 is 1.15 bits per heavy atom. The molecule has 34 heavy (non-hydrogen) atoms. The van der Waals surface area contributed by atoms with Crippen LogP contribution in [0, 0.1) is 6.92 Å². The van der Waals surface area contributed by atoms with Crippen molar-refractivity contribution in [2.24, 2.45) is 0 Å². The molecule has 1 atom stereocenters. The molecule has 7 nitrogen and oxygen atoms in total. The Balaban J connectivity index is 1.60. The average Bonchev–Trinajstić information content (AvgIpc) is 3.19. The van der Waals surface area contributed by atoms with E-state index in [1.165, 1.54) is 23.0 Å². The van der Waals surface area contributed by atoms with Crippen LogP contribution in [0.25, 0.3) is 5.69 Å². The fourth-order valence-corrected chi connectivity index (χ4v) is 3.42. The highest BCUT2D eigenvalue weighted by atomic mass is 19.4. The van der Waals surface area contributed by atoms with Crippen LogP contribution in [0.4, 0.5) is 13.2 Å². The zero-order chi connectivity index (χ0) is 24.9. The molecule has 0 bridgehead atoms. The summed E-state index contributed by atoms with van der Waals surface area (Å²) in [6, 6.07) is 10.9. The van der Waals surface area contributed by atoms with Crippen molar-refractivity contribution in [1.82, 2.24) is 20.4 Å². The molecule has 0 fully saturated rings. The first-order valence-corrected chi connectivity index (χ1v) is 10.6.